The van der Waals surface area contributed by atoms with Crippen molar-refractivity contribution < 1.29 is 4.74 Å². The summed E-state index contributed by atoms with van der Waals surface area (Å²) in [5, 5.41) is 0. The van der Waals surface area contributed by atoms with Gasteiger partial charge in [-0.1, -0.05) is 60.7 Å². The standard InChI is InChI=1S/C27H30INO/c1-21(22-8-5-4-6-9-22)20-27(23-10-14-25(28)15-11-23)24-12-16-26(17-13-24)30-19-7-18-29(2)3/h4-6,8-17,20,27H,7,18-19H2,1-3H3. The van der Waals surface area contributed by atoms with Crippen LogP contribution in [0, 0.1) is 3.57 Å². The van der Waals surface area contributed by atoms with Gasteiger partial charge in [-0.3, -0.25) is 0 Å². The van der Waals surface area contributed by atoms with Crippen molar-refractivity contribution in [1.29, 1.82) is 0 Å². The van der Waals surface area contributed by atoms with Gasteiger partial charge in [0.05, 0.1) is 6.61 Å². The molecule has 0 spiro atoms. The van der Waals surface area contributed by atoms with Gasteiger partial charge < -0.3 is 9.64 Å². The molecule has 3 aromatic rings. The third-order valence-electron chi connectivity index (χ3n) is 5.13. The molecule has 3 aromatic carbocycles. The van der Waals surface area contributed by atoms with Crippen molar-refractivity contribution in [3.8, 4) is 5.75 Å². The van der Waals surface area contributed by atoms with Crippen LogP contribution >= 0.6 is 22.6 Å². The summed E-state index contributed by atoms with van der Waals surface area (Å²) in [5.74, 6) is 1.13. The van der Waals surface area contributed by atoms with Gasteiger partial charge in [0, 0.05) is 16.0 Å². The fraction of sp³-hybridized carbons (Fsp3) is 0.259. The van der Waals surface area contributed by atoms with E-state index in [1.54, 1.807) is 0 Å². The zero-order valence-electron chi connectivity index (χ0n) is 18.0. The lowest BCUT2D eigenvalue weighted by Crippen LogP contribution is -2.15. The first-order valence-electron chi connectivity index (χ1n) is 10.4. The van der Waals surface area contributed by atoms with E-state index in [1.807, 2.05) is 0 Å². The van der Waals surface area contributed by atoms with Crippen LogP contribution in [0.4, 0.5) is 0 Å². The van der Waals surface area contributed by atoms with Gasteiger partial charge in [0.1, 0.15) is 5.75 Å². The summed E-state index contributed by atoms with van der Waals surface area (Å²) in [6.07, 6.45) is 3.39. The molecule has 3 heteroatoms. The average molecular weight is 511 g/mol. The molecule has 0 saturated heterocycles. The lowest BCUT2D eigenvalue weighted by atomic mass is 9.88. The predicted molar refractivity (Wildman–Crippen MR) is 136 cm³/mol. The van der Waals surface area contributed by atoms with Crippen molar-refractivity contribution in [3.05, 3.63) is 105 Å². The Morgan fingerprint density at radius 2 is 1.50 bits per heavy atom. The van der Waals surface area contributed by atoms with E-state index in [2.05, 4.69) is 133 Å². The van der Waals surface area contributed by atoms with Gasteiger partial charge in [-0.05, 0) is 96.6 Å². The van der Waals surface area contributed by atoms with Crippen molar-refractivity contribution >= 4 is 28.2 Å². The third kappa shape index (κ3) is 6.71. The largest absolute Gasteiger partial charge is 0.494 e. The quantitative estimate of drug-likeness (QED) is 0.230. The minimum atomic E-state index is 0.199. The Labute approximate surface area is 194 Å². The van der Waals surface area contributed by atoms with Crippen LogP contribution in [0.1, 0.15) is 36.0 Å². The highest BCUT2D eigenvalue weighted by atomic mass is 127. The molecule has 0 fully saturated rings. The normalized spacial score (nSPS) is 12.8. The highest BCUT2D eigenvalue weighted by Crippen LogP contribution is 2.31. The van der Waals surface area contributed by atoms with Crippen LogP contribution in [0.15, 0.2) is 84.9 Å². The van der Waals surface area contributed by atoms with Crippen LogP contribution in [0.2, 0.25) is 0 Å². The van der Waals surface area contributed by atoms with Crippen LogP contribution in [0.5, 0.6) is 5.75 Å². The van der Waals surface area contributed by atoms with Crippen molar-refractivity contribution in [2.45, 2.75) is 19.3 Å². The van der Waals surface area contributed by atoms with E-state index < -0.39 is 0 Å². The lowest BCUT2D eigenvalue weighted by Gasteiger charge is -2.17. The van der Waals surface area contributed by atoms with E-state index in [0.29, 0.717) is 0 Å². The van der Waals surface area contributed by atoms with Gasteiger partial charge in [-0.15, -0.1) is 0 Å². The molecule has 1 unspecified atom stereocenters. The van der Waals surface area contributed by atoms with Gasteiger partial charge >= 0.3 is 0 Å². The molecule has 2 nitrogen and oxygen atoms in total. The molecular weight excluding hydrogens is 481 g/mol. The molecule has 3 rings (SSSR count). The van der Waals surface area contributed by atoms with E-state index in [9.17, 15) is 0 Å². The summed E-state index contributed by atoms with van der Waals surface area (Å²) >= 11 is 2.36. The van der Waals surface area contributed by atoms with E-state index >= 15 is 0 Å². The Kier molecular flexibility index (Phi) is 8.52. The molecule has 0 amide bonds. The molecule has 0 N–H and O–H groups in total. The second-order valence-electron chi connectivity index (χ2n) is 7.82. The van der Waals surface area contributed by atoms with Gasteiger partial charge in [0.15, 0.2) is 0 Å². The first-order valence-corrected chi connectivity index (χ1v) is 11.5. The van der Waals surface area contributed by atoms with Gasteiger partial charge in [-0.25, -0.2) is 0 Å². The number of hydrogen-bond donors (Lipinski definition) is 0. The fourth-order valence-corrected chi connectivity index (χ4v) is 3.80. The van der Waals surface area contributed by atoms with Crippen LogP contribution in [0.25, 0.3) is 5.57 Å². The summed E-state index contributed by atoms with van der Waals surface area (Å²) in [5.41, 5.74) is 5.11. The number of allylic oxidation sites excluding steroid dienone is 2. The minimum Gasteiger partial charge on any atom is -0.494 e. The Morgan fingerprint density at radius 1 is 0.900 bits per heavy atom. The summed E-state index contributed by atoms with van der Waals surface area (Å²) in [6.45, 7) is 3.97. The second-order valence-corrected chi connectivity index (χ2v) is 9.06. The zero-order chi connectivity index (χ0) is 21.3. The molecule has 0 aliphatic heterocycles. The SMILES string of the molecule is CC(=CC(c1ccc(I)cc1)c1ccc(OCCCN(C)C)cc1)c1ccccc1. The monoisotopic (exact) mass is 511 g/mol. The summed E-state index contributed by atoms with van der Waals surface area (Å²) in [7, 11) is 4.18. The van der Waals surface area contributed by atoms with Crippen molar-refractivity contribution in [1.82, 2.24) is 4.90 Å². The Hall–Kier alpha value is -2.11. The van der Waals surface area contributed by atoms with Crippen LogP contribution in [-0.4, -0.2) is 32.1 Å². The molecule has 0 aromatic heterocycles. The molecule has 156 valence electrons. The second kappa shape index (κ2) is 11.3. The van der Waals surface area contributed by atoms with Gasteiger partial charge in [0.2, 0.25) is 0 Å². The molecule has 0 aliphatic carbocycles. The molecule has 0 heterocycles. The molecule has 0 bridgehead atoms. The topological polar surface area (TPSA) is 12.5 Å². The average Bonchev–Trinajstić information content (AvgIpc) is 2.77. The van der Waals surface area contributed by atoms with E-state index in [1.165, 1.54) is 25.8 Å². The third-order valence-corrected chi connectivity index (χ3v) is 5.85. The number of benzene rings is 3. The molecule has 1 atom stereocenters. The van der Waals surface area contributed by atoms with E-state index in [-0.39, 0.29) is 5.92 Å². The molecule has 0 saturated carbocycles. The number of halogens is 1. The van der Waals surface area contributed by atoms with Crippen molar-refractivity contribution in [2.24, 2.45) is 0 Å². The Bertz CT molecular complexity index is 931. The van der Waals surface area contributed by atoms with E-state index in [0.717, 1.165) is 25.3 Å². The van der Waals surface area contributed by atoms with Crippen molar-refractivity contribution in [2.75, 3.05) is 27.2 Å². The lowest BCUT2D eigenvalue weighted by molar-refractivity contribution is 0.281. The van der Waals surface area contributed by atoms with Crippen LogP contribution < -0.4 is 4.74 Å². The maximum Gasteiger partial charge on any atom is 0.119 e. The van der Waals surface area contributed by atoms with E-state index in [4.69, 9.17) is 4.74 Å². The molecule has 30 heavy (non-hydrogen) atoms. The summed E-state index contributed by atoms with van der Waals surface area (Å²) in [6, 6.07) is 28.0. The number of rotatable bonds is 9. The zero-order valence-corrected chi connectivity index (χ0v) is 20.2. The predicted octanol–water partition coefficient (Wildman–Crippen LogP) is 6.86. The molecular formula is C27H30INO. The number of hydrogen-bond acceptors (Lipinski definition) is 2. The summed E-state index contributed by atoms with van der Waals surface area (Å²) in [4.78, 5) is 2.18. The smallest absolute Gasteiger partial charge is 0.119 e. The van der Waals surface area contributed by atoms with Crippen LogP contribution in [-0.2, 0) is 0 Å². The fourth-order valence-electron chi connectivity index (χ4n) is 3.44. The maximum absolute atomic E-state index is 5.92. The van der Waals surface area contributed by atoms with Gasteiger partial charge in [0.25, 0.3) is 0 Å². The van der Waals surface area contributed by atoms with Crippen molar-refractivity contribution in [3.63, 3.8) is 0 Å². The summed E-state index contributed by atoms with van der Waals surface area (Å²) < 4.78 is 7.17. The Morgan fingerprint density at radius 3 is 2.10 bits per heavy atom. The molecule has 0 radical (unpaired) electrons. The minimum absolute atomic E-state index is 0.199. The number of ether oxygens (including phenoxy) is 1. The first kappa shape index (κ1) is 22.6. The Balaban J connectivity index is 1.82. The highest BCUT2D eigenvalue weighted by molar-refractivity contribution is 14.1. The number of nitrogens with zero attached hydrogens (tertiary/aromatic N) is 1. The first-order chi connectivity index (χ1) is 14.5. The molecule has 0 aliphatic rings. The van der Waals surface area contributed by atoms with Crippen LogP contribution in [0.3, 0.4) is 0 Å². The van der Waals surface area contributed by atoms with Gasteiger partial charge in [-0.2, -0.15) is 0 Å². The maximum atomic E-state index is 5.92. The highest BCUT2D eigenvalue weighted by Gasteiger charge is 2.13.